The number of nitrogens with one attached hydrogen (secondary N) is 1. The predicted molar refractivity (Wildman–Crippen MR) is 148 cm³/mol. The Hall–Kier alpha value is -4.69. The zero-order valence-electron chi connectivity index (χ0n) is 22.6. The van der Waals surface area contributed by atoms with Crippen molar-refractivity contribution in [3.63, 3.8) is 0 Å². The molecule has 4 aromatic rings. The Bertz CT molecular complexity index is 1580. The lowest BCUT2D eigenvalue weighted by Gasteiger charge is -2.40. The van der Waals surface area contributed by atoms with Crippen LogP contribution in [-0.4, -0.2) is 66.5 Å². The molecular weight excluding hydrogens is 510 g/mol. The number of piperidine rings is 1. The van der Waals surface area contributed by atoms with Crippen molar-refractivity contribution in [2.24, 2.45) is 0 Å². The van der Waals surface area contributed by atoms with Gasteiger partial charge in [0.25, 0.3) is 5.91 Å². The Morgan fingerprint density at radius 2 is 2.00 bits per heavy atom. The van der Waals surface area contributed by atoms with Crippen LogP contribution >= 0.6 is 0 Å². The maximum Gasteiger partial charge on any atom is 0.274 e. The number of aliphatic hydroxyl groups is 1. The Morgan fingerprint density at radius 1 is 1.23 bits per heavy atom. The number of nitrogens with zero attached hydrogens (tertiary/aromatic N) is 6. The molecule has 0 spiro atoms. The number of aromatic nitrogens is 4. The summed E-state index contributed by atoms with van der Waals surface area (Å²) in [5.74, 6) is 0.777. The number of rotatable bonds is 7. The van der Waals surface area contributed by atoms with Crippen molar-refractivity contribution in [3.05, 3.63) is 66.4 Å². The first kappa shape index (κ1) is 26.9. The molecule has 0 unspecified atom stereocenters. The molecule has 1 aliphatic heterocycles. The van der Waals surface area contributed by atoms with E-state index in [-0.39, 0.29) is 18.1 Å². The smallest absolute Gasteiger partial charge is 0.274 e. The van der Waals surface area contributed by atoms with Crippen molar-refractivity contribution in [1.29, 1.82) is 5.26 Å². The molecule has 0 aliphatic carbocycles. The van der Waals surface area contributed by atoms with Crippen LogP contribution in [0.3, 0.4) is 0 Å². The topological polar surface area (TPSA) is 149 Å². The van der Waals surface area contributed by atoms with Gasteiger partial charge in [-0.1, -0.05) is 0 Å². The Balaban J connectivity index is 1.32. The maximum atomic E-state index is 12.7. The van der Waals surface area contributed by atoms with Gasteiger partial charge in [-0.15, -0.1) is 0 Å². The zero-order valence-corrected chi connectivity index (χ0v) is 22.6. The normalized spacial score (nSPS) is 15.0. The van der Waals surface area contributed by atoms with E-state index < -0.39 is 17.0 Å². The first-order chi connectivity index (χ1) is 19.0. The van der Waals surface area contributed by atoms with Crippen molar-refractivity contribution < 1.29 is 19.7 Å². The molecular formula is C29H31N7O4. The van der Waals surface area contributed by atoms with E-state index in [9.17, 15) is 20.3 Å². The molecule has 1 saturated heterocycles. The third-order valence-electron chi connectivity index (χ3n) is 6.97. The molecule has 3 N–H and O–H groups in total. The summed E-state index contributed by atoms with van der Waals surface area (Å²) >= 11 is 0. The number of pyridine rings is 3. The molecule has 11 nitrogen and oxygen atoms in total. The fourth-order valence-corrected chi connectivity index (χ4v) is 4.73. The summed E-state index contributed by atoms with van der Waals surface area (Å²) in [4.78, 5) is 23.6. The molecule has 0 saturated carbocycles. The highest BCUT2D eigenvalue weighted by atomic mass is 16.5. The predicted octanol–water partition coefficient (Wildman–Crippen LogP) is 3.31. The number of ether oxygens (including phenoxy) is 1. The molecule has 0 bridgehead atoms. The lowest BCUT2D eigenvalue weighted by molar-refractivity contribution is 0.0283. The van der Waals surface area contributed by atoms with Crippen molar-refractivity contribution in [3.8, 4) is 28.7 Å². The fraction of sp³-hybridized carbons (Fsp3) is 0.345. The van der Waals surface area contributed by atoms with Gasteiger partial charge in [0, 0.05) is 42.1 Å². The van der Waals surface area contributed by atoms with E-state index in [1.807, 2.05) is 25.1 Å². The number of aromatic hydroxyl groups is 1. The fourth-order valence-electron chi connectivity index (χ4n) is 4.73. The van der Waals surface area contributed by atoms with E-state index in [0.717, 1.165) is 16.9 Å². The van der Waals surface area contributed by atoms with Crippen LogP contribution in [0.4, 0.5) is 5.82 Å². The van der Waals surface area contributed by atoms with Crippen LogP contribution in [-0.2, 0) is 0 Å². The van der Waals surface area contributed by atoms with Crippen molar-refractivity contribution in [2.45, 2.75) is 44.8 Å². The molecule has 11 heteroatoms. The number of fused-ring (bicyclic) bond motifs is 1. The molecule has 0 radical (unpaired) electrons. The molecule has 5 heterocycles. The summed E-state index contributed by atoms with van der Waals surface area (Å²) in [6.45, 7) is 6.79. The van der Waals surface area contributed by atoms with Crippen molar-refractivity contribution in [1.82, 2.24) is 24.9 Å². The SMILES string of the molecule is CC(C)(O)COc1cc(-c2ccc(N3CCC(C)(NC(=O)c4ncccc4O)CC3)nc2)c2c(C#N)cnn2c1. The second kappa shape index (κ2) is 10.5. The molecule has 1 aliphatic rings. The molecule has 1 amide bonds. The first-order valence-electron chi connectivity index (χ1n) is 13.0. The summed E-state index contributed by atoms with van der Waals surface area (Å²) < 4.78 is 7.42. The minimum atomic E-state index is -1.01. The van der Waals surface area contributed by atoms with Crippen molar-refractivity contribution >= 4 is 17.2 Å². The largest absolute Gasteiger partial charge is 0.505 e. The van der Waals surface area contributed by atoms with Crippen LogP contribution < -0.4 is 15.0 Å². The van der Waals surface area contributed by atoms with Crippen molar-refractivity contribution in [2.75, 3.05) is 24.6 Å². The van der Waals surface area contributed by atoms with E-state index in [0.29, 0.717) is 42.8 Å². The van der Waals surface area contributed by atoms with Gasteiger partial charge in [-0.3, -0.25) is 4.79 Å². The molecule has 0 atom stereocenters. The summed E-state index contributed by atoms with van der Waals surface area (Å²) in [7, 11) is 0. The third kappa shape index (κ3) is 5.67. The number of carbonyl (C=O) groups excluding carboxylic acids is 1. The summed E-state index contributed by atoms with van der Waals surface area (Å²) in [6.07, 6.45) is 7.83. The summed E-state index contributed by atoms with van der Waals surface area (Å²) in [5.41, 5.74) is 1.19. The molecule has 0 aromatic carbocycles. The third-order valence-corrected chi connectivity index (χ3v) is 6.97. The lowest BCUT2D eigenvalue weighted by atomic mass is 9.89. The van der Waals surface area contributed by atoms with Crippen LogP contribution in [0.15, 0.2) is 55.1 Å². The summed E-state index contributed by atoms with van der Waals surface area (Å²) in [5, 5.41) is 37.0. The van der Waals surface area contributed by atoms with Gasteiger partial charge in [0.15, 0.2) is 5.69 Å². The highest BCUT2D eigenvalue weighted by molar-refractivity contribution is 5.95. The second-order valence-electron chi connectivity index (χ2n) is 10.9. The van der Waals surface area contributed by atoms with E-state index in [2.05, 4.69) is 26.4 Å². The minimum Gasteiger partial charge on any atom is -0.505 e. The second-order valence-corrected chi connectivity index (χ2v) is 10.9. The zero-order chi connectivity index (χ0) is 28.5. The van der Waals surface area contributed by atoms with Gasteiger partial charge in [-0.05, 0) is 63.9 Å². The van der Waals surface area contributed by atoms with Crippen LogP contribution in [0.25, 0.3) is 16.6 Å². The molecule has 40 heavy (non-hydrogen) atoms. The minimum absolute atomic E-state index is 0.0183. The highest BCUT2D eigenvalue weighted by Gasteiger charge is 2.33. The van der Waals surface area contributed by atoms with E-state index in [4.69, 9.17) is 9.72 Å². The number of carbonyl (C=O) groups is 1. The summed E-state index contributed by atoms with van der Waals surface area (Å²) in [6, 6.07) is 10.9. The highest BCUT2D eigenvalue weighted by Crippen LogP contribution is 2.32. The van der Waals surface area contributed by atoms with Gasteiger partial charge in [0.2, 0.25) is 0 Å². The van der Waals surface area contributed by atoms with Gasteiger partial charge in [-0.2, -0.15) is 10.4 Å². The van der Waals surface area contributed by atoms with Crippen LogP contribution in [0, 0.1) is 11.3 Å². The number of hydrogen-bond donors (Lipinski definition) is 3. The Morgan fingerprint density at radius 3 is 2.65 bits per heavy atom. The molecule has 1 fully saturated rings. The monoisotopic (exact) mass is 541 g/mol. The Labute approximate surface area is 231 Å². The van der Waals surface area contributed by atoms with Gasteiger partial charge >= 0.3 is 0 Å². The number of anilines is 1. The first-order valence-corrected chi connectivity index (χ1v) is 13.0. The number of nitriles is 1. The standard InChI is InChI=1S/C29H31N7O4/c1-28(2,39)18-40-21-13-22(26-20(14-30)16-33-36(26)17-21)19-6-7-24(32-15-19)35-11-8-29(3,9-12-35)34-27(38)25-23(37)5-4-10-31-25/h4-7,10,13,15-17,37,39H,8-9,11-12,18H2,1-3H3,(H,34,38). The van der Waals surface area contributed by atoms with Gasteiger partial charge in [-0.25, -0.2) is 14.5 Å². The van der Waals surface area contributed by atoms with Crippen LogP contribution in [0.2, 0.25) is 0 Å². The van der Waals surface area contributed by atoms with E-state index in [1.165, 1.54) is 18.5 Å². The van der Waals surface area contributed by atoms with Crippen LogP contribution in [0.5, 0.6) is 11.5 Å². The average molecular weight is 542 g/mol. The van der Waals surface area contributed by atoms with Crippen LogP contribution in [0.1, 0.15) is 49.7 Å². The average Bonchev–Trinajstić information content (AvgIpc) is 3.35. The van der Waals surface area contributed by atoms with E-state index >= 15 is 0 Å². The molecule has 4 aromatic heterocycles. The number of amides is 1. The van der Waals surface area contributed by atoms with Gasteiger partial charge < -0.3 is 25.2 Å². The quantitative estimate of drug-likeness (QED) is 0.320. The maximum absolute atomic E-state index is 12.7. The lowest BCUT2D eigenvalue weighted by Crippen LogP contribution is -2.53. The van der Waals surface area contributed by atoms with Gasteiger partial charge in [0.05, 0.1) is 29.1 Å². The molecule has 206 valence electrons. The Kier molecular flexibility index (Phi) is 7.04. The molecule has 5 rings (SSSR count). The van der Waals surface area contributed by atoms with E-state index in [1.54, 1.807) is 36.8 Å². The van der Waals surface area contributed by atoms with Gasteiger partial charge in [0.1, 0.15) is 30.0 Å². The number of hydrogen-bond acceptors (Lipinski definition) is 9.